The summed E-state index contributed by atoms with van der Waals surface area (Å²) < 4.78 is 14.0. The lowest BCUT2D eigenvalue weighted by Gasteiger charge is -2.29. The Kier molecular flexibility index (Phi) is 27.6. The van der Waals surface area contributed by atoms with E-state index in [4.69, 9.17) is 20.4 Å². The lowest BCUT2D eigenvalue weighted by Crippen LogP contribution is -2.39. The van der Waals surface area contributed by atoms with Crippen molar-refractivity contribution in [3.63, 3.8) is 0 Å². The minimum absolute atomic E-state index is 0.231. The van der Waals surface area contributed by atoms with Gasteiger partial charge in [-0.25, -0.2) is 0 Å². The van der Waals surface area contributed by atoms with Crippen molar-refractivity contribution in [1.29, 1.82) is 0 Å². The number of ether oxygens (including phenoxy) is 3. The minimum Gasteiger partial charge on any atom is -0.481 e. The quantitative estimate of drug-likeness (QED) is 0.118. The number of carbonyl (C=O) groups is 1. The summed E-state index contributed by atoms with van der Waals surface area (Å²) in [6, 6.07) is 0. The van der Waals surface area contributed by atoms with E-state index in [9.17, 15) is 4.79 Å². The van der Waals surface area contributed by atoms with Gasteiger partial charge in [-0.05, 0) is 6.42 Å². The van der Waals surface area contributed by atoms with Gasteiger partial charge in [0, 0.05) is 12.8 Å². The average molecular weight is 467 g/mol. The van der Waals surface area contributed by atoms with Crippen LogP contribution < -0.4 is 0 Å². The highest BCUT2D eigenvalue weighted by atomic mass is 16.9. The second-order valence-corrected chi connectivity index (χ2v) is 7.95. The number of rotatable bonds is 23. The number of aliphatic hydroxyl groups is 3. The van der Waals surface area contributed by atoms with Crippen LogP contribution in [0.15, 0.2) is 0 Å². The summed E-state index contributed by atoms with van der Waals surface area (Å²) in [6.07, 6.45) is 20.4. The van der Waals surface area contributed by atoms with E-state index in [0.29, 0.717) is 6.42 Å². The van der Waals surface area contributed by atoms with Crippen molar-refractivity contribution in [2.24, 2.45) is 0 Å². The van der Waals surface area contributed by atoms with Crippen LogP contribution in [0.2, 0.25) is 0 Å². The number of hydrogen-bond donors (Lipinski definition) is 4. The summed E-state index contributed by atoms with van der Waals surface area (Å²) >= 11 is 0. The summed E-state index contributed by atoms with van der Waals surface area (Å²) in [5.41, 5.74) is 0. The topological polar surface area (TPSA) is 126 Å². The molecule has 8 nitrogen and oxygen atoms in total. The molecule has 4 N–H and O–H groups in total. The molecule has 0 aromatic heterocycles. The molecule has 0 spiro atoms. The van der Waals surface area contributed by atoms with E-state index < -0.39 is 32.3 Å². The zero-order chi connectivity index (χ0) is 24.3. The van der Waals surface area contributed by atoms with Crippen molar-refractivity contribution in [3.8, 4) is 0 Å². The van der Waals surface area contributed by atoms with Gasteiger partial charge >= 0.3 is 5.97 Å². The number of hydrogen-bond acceptors (Lipinski definition) is 7. The molecular formula is C24H50O8. The maximum Gasteiger partial charge on any atom is 0.303 e. The first-order valence-corrected chi connectivity index (χ1v) is 12.5. The van der Waals surface area contributed by atoms with E-state index >= 15 is 0 Å². The van der Waals surface area contributed by atoms with E-state index in [1.165, 1.54) is 83.5 Å². The Morgan fingerprint density at radius 1 is 0.594 bits per heavy atom. The number of aliphatic carboxylic acids is 1. The van der Waals surface area contributed by atoms with Crippen molar-refractivity contribution in [1.82, 2.24) is 0 Å². The fraction of sp³-hybridized carbons (Fsp3) is 0.958. The molecule has 0 aliphatic heterocycles. The second-order valence-electron chi connectivity index (χ2n) is 7.95. The molecule has 0 rings (SSSR count). The Morgan fingerprint density at radius 3 is 1.16 bits per heavy atom. The minimum atomic E-state index is -1.56. The largest absolute Gasteiger partial charge is 0.481 e. The molecule has 0 heterocycles. The Bertz CT molecular complexity index is 362. The molecule has 0 fully saturated rings. The van der Waals surface area contributed by atoms with Crippen LogP contribution in [0.1, 0.15) is 123 Å². The van der Waals surface area contributed by atoms with Crippen molar-refractivity contribution >= 4 is 5.97 Å². The van der Waals surface area contributed by atoms with E-state index in [2.05, 4.69) is 21.1 Å². The van der Waals surface area contributed by atoms with Crippen LogP contribution in [-0.2, 0) is 19.0 Å². The first-order chi connectivity index (χ1) is 15.5. The molecule has 0 aliphatic carbocycles. The molecule has 0 aliphatic rings. The molecule has 32 heavy (non-hydrogen) atoms. The molecule has 0 radical (unpaired) electrons. The van der Waals surface area contributed by atoms with E-state index in [0.717, 1.165) is 12.8 Å². The maximum absolute atomic E-state index is 10.3. The average Bonchev–Trinajstić information content (AvgIpc) is 2.77. The van der Waals surface area contributed by atoms with E-state index in [1.54, 1.807) is 6.92 Å². The van der Waals surface area contributed by atoms with Crippen LogP contribution in [0.3, 0.4) is 0 Å². The Labute approximate surface area is 195 Å². The van der Waals surface area contributed by atoms with E-state index in [1.807, 2.05) is 0 Å². The molecule has 0 unspecified atom stereocenters. The second kappa shape index (κ2) is 26.5. The molecular weight excluding hydrogens is 416 g/mol. The lowest BCUT2D eigenvalue weighted by molar-refractivity contribution is -0.420. The predicted octanol–water partition coefficient (Wildman–Crippen LogP) is 5.28. The summed E-state index contributed by atoms with van der Waals surface area (Å²) in [5, 5.41) is 33.8. The standard InChI is InChI=1S/C18H36O2.C6H14O6/c1-2-3-4-5-6-7-8-9-10-11-12-13-14-15-16-17-18(19)20;1-2-6(10-3-7,11-4-8)12-5-9/h2-17H2,1H3,(H,19,20);7-9H,2-5H2,1H3. The van der Waals surface area contributed by atoms with Gasteiger partial charge in [0.1, 0.15) is 20.4 Å². The lowest BCUT2D eigenvalue weighted by atomic mass is 10.0. The number of carboxylic acids is 1. The zero-order valence-electron chi connectivity index (χ0n) is 20.6. The first kappa shape index (κ1) is 33.4. The van der Waals surface area contributed by atoms with Crippen LogP contribution in [0, 0.1) is 0 Å². The van der Waals surface area contributed by atoms with Gasteiger partial charge < -0.3 is 34.6 Å². The summed E-state index contributed by atoms with van der Waals surface area (Å²) in [6.45, 7) is 2.07. The van der Waals surface area contributed by atoms with Gasteiger partial charge in [0.15, 0.2) is 0 Å². The van der Waals surface area contributed by atoms with Crippen molar-refractivity contribution in [3.05, 3.63) is 0 Å². The number of carboxylic acid groups (broad SMARTS) is 1. The Hall–Kier alpha value is -0.770. The van der Waals surface area contributed by atoms with E-state index in [-0.39, 0.29) is 6.42 Å². The van der Waals surface area contributed by atoms with Gasteiger partial charge in [-0.3, -0.25) is 4.79 Å². The summed E-state index contributed by atoms with van der Waals surface area (Å²) in [5.74, 6) is -2.21. The van der Waals surface area contributed by atoms with Gasteiger partial charge in [0.25, 0.3) is 5.97 Å². The number of unbranched alkanes of at least 4 members (excludes halogenated alkanes) is 14. The van der Waals surface area contributed by atoms with Crippen LogP contribution in [0.4, 0.5) is 0 Å². The number of aliphatic hydroxyl groups excluding tert-OH is 3. The van der Waals surface area contributed by atoms with Gasteiger partial charge in [0.2, 0.25) is 0 Å². The smallest absolute Gasteiger partial charge is 0.303 e. The molecule has 0 aromatic rings. The monoisotopic (exact) mass is 466 g/mol. The van der Waals surface area contributed by atoms with Gasteiger partial charge in [-0.15, -0.1) is 0 Å². The van der Waals surface area contributed by atoms with Crippen LogP contribution in [0.5, 0.6) is 0 Å². The zero-order valence-corrected chi connectivity index (χ0v) is 20.6. The van der Waals surface area contributed by atoms with Crippen LogP contribution >= 0.6 is 0 Å². The highest BCUT2D eigenvalue weighted by Crippen LogP contribution is 2.18. The van der Waals surface area contributed by atoms with Crippen molar-refractivity contribution in [2.75, 3.05) is 20.4 Å². The highest BCUT2D eigenvalue weighted by molar-refractivity contribution is 5.66. The van der Waals surface area contributed by atoms with Crippen LogP contribution in [-0.4, -0.2) is 52.7 Å². The molecule has 0 atom stereocenters. The predicted molar refractivity (Wildman–Crippen MR) is 125 cm³/mol. The highest BCUT2D eigenvalue weighted by Gasteiger charge is 2.31. The van der Waals surface area contributed by atoms with Crippen molar-refractivity contribution < 1.29 is 39.4 Å². The van der Waals surface area contributed by atoms with Gasteiger partial charge in [-0.1, -0.05) is 104 Å². The van der Waals surface area contributed by atoms with Gasteiger partial charge in [0.05, 0.1) is 0 Å². The maximum atomic E-state index is 10.3. The normalized spacial score (nSPS) is 11.3. The fourth-order valence-electron chi connectivity index (χ4n) is 3.37. The van der Waals surface area contributed by atoms with Crippen molar-refractivity contribution in [2.45, 2.75) is 129 Å². The third kappa shape index (κ3) is 23.9. The third-order valence-electron chi connectivity index (χ3n) is 5.28. The molecule has 0 saturated heterocycles. The summed E-state index contributed by atoms with van der Waals surface area (Å²) in [7, 11) is 0. The molecule has 194 valence electrons. The first-order valence-electron chi connectivity index (χ1n) is 12.5. The summed E-state index contributed by atoms with van der Waals surface area (Å²) in [4.78, 5) is 10.3. The fourth-order valence-corrected chi connectivity index (χ4v) is 3.37. The van der Waals surface area contributed by atoms with Crippen LogP contribution in [0.25, 0.3) is 0 Å². The Morgan fingerprint density at radius 2 is 0.906 bits per heavy atom. The molecule has 0 amide bonds. The Balaban J connectivity index is 0. The third-order valence-corrected chi connectivity index (χ3v) is 5.28. The SMILES string of the molecule is CCC(OCO)(OCO)OCO.CCCCCCCCCCCCCCCCCC(=O)O. The molecule has 0 saturated carbocycles. The molecule has 0 bridgehead atoms. The molecule has 0 aromatic carbocycles. The van der Waals surface area contributed by atoms with Gasteiger partial charge in [-0.2, -0.15) is 0 Å². The molecule has 8 heteroatoms.